The molecule has 2 aliphatic rings. The summed E-state index contributed by atoms with van der Waals surface area (Å²) < 4.78 is 18.6. The normalized spacial score (nSPS) is 19.0. The Morgan fingerprint density at radius 1 is 1.10 bits per heavy atom. The van der Waals surface area contributed by atoms with E-state index in [1.165, 1.54) is 7.11 Å². The summed E-state index contributed by atoms with van der Waals surface area (Å²) in [6.07, 6.45) is 0. The minimum Gasteiger partial charge on any atom is -0.486 e. The molecule has 0 aliphatic carbocycles. The van der Waals surface area contributed by atoms with E-state index in [-0.39, 0.29) is 5.97 Å². The number of carbonyl (C=O) groups is 1. The summed E-state index contributed by atoms with van der Waals surface area (Å²) in [5, 5.41) is 3.68. The van der Waals surface area contributed by atoms with Crippen molar-refractivity contribution in [2.45, 2.75) is 19.4 Å². The molecule has 0 spiro atoms. The number of esters is 1. The number of carbonyl (C=O) groups excluding carboxylic acids is 1. The number of nitrogens with zero attached hydrogens (tertiary/aromatic N) is 1. The molecule has 1 unspecified atom stereocenters. The summed E-state index contributed by atoms with van der Waals surface area (Å²) in [5.74, 6) is 1.15. The van der Waals surface area contributed by atoms with E-state index in [2.05, 4.69) is 16.8 Å². The number of hydrogen-bond acceptors (Lipinski definition) is 5. The number of methoxy groups -OCH3 is 1. The lowest BCUT2D eigenvalue weighted by molar-refractivity contribution is 0.0600. The second-order valence-corrected chi connectivity index (χ2v) is 7.48. The zero-order valence-electron chi connectivity index (χ0n) is 16.6. The largest absolute Gasteiger partial charge is 0.486 e. The first-order valence-corrected chi connectivity index (χ1v) is 9.62. The Morgan fingerprint density at radius 3 is 2.66 bits per heavy atom. The molecule has 2 aromatic carbocycles. The van der Waals surface area contributed by atoms with Gasteiger partial charge in [-0.1, -0.05) is 18.2 Å². The van der Waals surface area contributed by atoms with E-state index in [1.54, 1.807) is 0 Å². The Hall–Kier alpha value is -3.41. The van der Waals surface area contributed by atoms with Gasteiger partial charge in [-0.2, -0.15) is 0 Å². The van der Waals surface area contributed by atoms with Crippen molar-refractivity contribution in [3.8, 4) is 17.2 Å². The van der Waals surface area contributed by atoms with Crippen LogP contribution in [0.25, 0.3) is 5.69 Å². The molecule has 0 fully saturated rings. The lowest BCUT2D eigenvalue weighted by Crippen LogP contribution is -2.39. The fourth-order valence-electron chi connectivity index (χ4n) is 4.28. The van der Waals surface area contributed by atoms with Crippen molar-refractivity contribution in [1.29, 1.82) is 0 Å². The first kappa shape index (κ1) is 17.7. The van der Waals surface area contributed by atoms with Gasteiger partial charge < -0.3 is 24.1 Å². The van der Waals surface area contributed by atoms with Gasteiger partial charge in [-0.15, -0.1) is 0 Å². The average Bonchev–Trinajstić information content (AvgIpc) is 3.11. The van der Waals surface area contributed by atoms with E-state index < -0.39 is 5.54 Å². The van der Waals surface area contributed by atoms with Crippen molar-refractivity contribution < 1.29 is 19.0 Å². The summed E-state index contributed by atoms with van der Waals surface area (Å²) in [7, 11) is 1.41. The molecular weight excluding hydrogens is 368 g/mol. The van der Waals surface area contributed by atoms with Crippen molar-refractivity contribution in [2.75, 3.05) is 25.6 Å². The summed E-state index contributed by atoms with van der Waals surface area (Å²) in [5.41, 5.74) is 4.81. The highest BCUT2D eigenvalue weighted by molar-refractivity contribution is 5.92. The van der Waals surface area contributed by atoms with Gasteiger partial charge in [0.15, 0.2) is 11.5 Å². The Labute approximate surface area is 169 Å². The van der Waals surface area contributed by atoms with Crippen LogP contribution in [0.3, 0.4) is 0 Å². The predicted octanol–water partition coefficient (Wildman–Crippen LogP) is 4.03. The molecule has 0 bridgehead atoms. The lowest BCUT2D eigenvalue weighted by atomic mass is 9.86. The smallest absolute Gasteiger partial charge is 0.339 e. The number of benzene rings is 2. The van der Waals surface area contributed by atoms with Gasteiger partial charge in [0.05, 0.1) is 29.7 Å². The topological polar surface area (TPSA) is 61.7 Å². The van der Waals surface area contributed by atoms with E-state index in [0.29, 0.717) is 18.8 Å². The van der Waals surface area contributed by atoms with Gasteiger partial charge in [0.25, 0.3) is 0 Å². The van der Waals surface area contributed by atoms with Gasteiger partial charge >= 0.3 is 5.97 Å². The number of fused-ring (bicyclic) bond motifs is 4. The number of aromatic nitrogens is 1. The predicted molar refractivity (Wildman–Crippen MR) is 109 cm³/mol. The van der Waals surface area contributed by atoms with Crippen LogP contribution in [-0.4, -0.2) is 30.9 Å². The molecule has 5 rings (SSSR count). The van der Waals surface area contributed by atoms with Crippen LogP contribution < -0.4 is 14.8 Å². The molecule has 3 heterocycles. The second-order valence-electron chi connectivity index (χ2n) is 7.48. The van der Waals surface area contributed by atoms with Crippen LogP contribution >= 0.6 is 0 Å². The molecule has 0 saturated carbocycles. The minimum atomic E-state index is -0.582. The number of anilines is 1. The van der Waals surface area contributed by atoms with Crippen LogP contribution in [0.15, 0.2) is 48.5 Å². The van der Waals surface area contributed by atoms with Crippen molar-refractivity contribution in [1.82, 2.24) is 4.57 Å². The fourth-order valence-corrected chi connectivity index (χ4v) is 4.28. The van der Waals surface area contributed by atoms with Crippen LogP contribution in [0.1, 0.15) is 34.2 Å². The van der Waals surface area contributed by atoms with Crippen LogP contribution in [0.4, 0.5) is 5.69 Å². The van der Waals surface area contributed by atoms with Crippen molar-refractivity contribution >= 4 is 11.7 Å². The van der Waals surface area contributed by atoms with Crippen LogP contribution in [0, 0.1) is 6.92 Å². The van der Waals surface area contributed by atoms with E-state index in [9.17, 15) is 4.79 Å². The Morgan fingerprint density at radius 2 is 1.86 bits per heavy atom. The molecule has 0 saturated heterocycles. The van der Waals surface area contributed by atoms with Crippen molar-refractivity contribution in [2.24, 2.45) is 0 Å². The SMILES string of the molecule is COC(=O)c1cc2n(c1C)-c1ccccc1NC2(C)c1ccc2c(c1)OCCO2. The highest BCUT2D eigenvalue weighted by atomic mass is 16.6. The summed E-state index contributed by atoms with van der Waals surface area (Å²) in [6, 6.07) is 16.0. The van der Waals surface area contributed by atoms with Gasteiger partial charge in [0.2, 0.25) is 0 Å². The second kappa shape index (κ2) is 6.30. The Bertz CT molecular complexity index is 1130. The molecule has 0 amide bonds. The van der Waals surface area contributed by atoms with E-state index in [0.717, 1.165) is 39.8 Å². The van der Waals surface area contributed by atoms with Crippen LogP contribution in [0.5, 0.6) is 11.5 Å². The van der Waals surface area contributed by atoms with E-state index in [1.807, 2.05) is 55.5 Å². The zero-order valence-corrected chi connectivity index (χ0v) is 16.6. The molecule has 1 N–H and O–H groups in total. The maximum Gasteiger partial charge on any atom is 0.339 e. The minimum absolute atomic E-state index is 0.341. The molecule has 6 nitrogen and oxygen atoms in total. The quantitative estimate of drug-likeness (QED) is 0.670. The number of hydrogen-bond donors (Lipinski definition) is 1. The number of para-hydroxylation sites is 2. The molecule has 6 heteroatoms. The first-order chi connectivity index (χ1) is 14.0. The standard InChI is InChI=1S/C23H22N2O4/c1-14-16(22(26)27-3)13-21-23(2,24-17-6-4-5-7-18(17)25(14)21)15-8-9-19-20(12-15)29-11-10-28-19/h4-9,12-13,24H,10-11H2,1-3H3. The monoisotopic (exact) mass is 390 g/mol. The Balaban J connectivity index is 1.75. The van der Waals surface area contributed by atoms with Crippen molar-refractivity contribution in [3.05, 3.63) is 71.0 Å². The fraction of sp³-hybridized carbons (Fsp3) is 0.261. The first-order valence-electron chi connectivity index (χ1n) is 9.62. The third kappa shape index (κ3) is 2.52. The number of rotatable bonds is 2. The summed E-state index contributed by atoms with van der Waals surface area (Å²) in [6.45, 7) is 5.15. The molecule has 2 aliphatic heterocycles. The van der Waals surface area contributed by atoms with Crippen LogP contribution in [0.2, 0.25) is 0 Å². The van der Waals surface area contributed by atoms with Gasteiger partial charge in [-0.3, -0.25) is 0 Å². The maximum atomic E-state index is 12.4. The van der Waals surface area contributed by atoms with Gasteiger partial charge in [0.1, 0.15) is 18.8 Å². The number of nitrogens with one attached hydrogen (secondary N) is 1. The maximum absolute atomic E-state index is 12.4. The third-order valence-corrected chi connectivity index (χ3v) is 5.81. The molecular formula is C23H22N2O4. The molecule has 0 radical (unpaired) electrons. The number of ether oxygens (including phenoxy) is 3. The summed E-state index contributed by atoms with van der Waals surface area (Å²) in [4.78, 5) is 12.4. The third-order valence-electron chi connectivity index (χ3n) is 5.81. The zero-order chi connectivity index (χ0) is 20.2. The van der Waals surface area contributed by atoms with Crippen LogP contribution in [-0.2, 0) is 10.3 Å². The van der Waals surface area contributed by atoms with E-state index >= 15 is 0 Å². The van der Waals surface area contributed by atoms with Gasteiger partial charge in [0, 0.05) is 5.69 Å². The molecule has 1 aromatic heterocycles. The molecule has 148 valence electrons. The highest BCUT2D eigenvalue weighted by Crippen LogP contribution is 2.45. The molecule has 29 heavy (non-hydrogen) atoms. The van der Waals surface area contributed by atoms with Gasteiger partial charge in [-0.05, 0) is 49.7 Å². The lowest BCUT2D eigenvalue weighted by Gasteiger charge is -2.39. The van der Waals surface area contributed by atoms with Crippen molar-refractivity contribution in [3.63, 3.8) is 0 Å². The Kier molecular flexibility index (Phi) is 3.84. The van der Waals surface area contributed by atoms with Gasteiger partial charge in [-0.25, -0.2) is 4.79 Å². The molecule has 1 atom stereocenters. The molecule has 3 aromatic rings. The van der Waals surface area contributed by atoms with E-state index in [4.69, 9.17) is 14.2 Å². The average molecular weight is 390 g/mol. The highest BCUT2D eigenvalue weighted by Gasteiger charge is 2.39. The summed E-state index contributed by atoms with van der Waals surface area (Å²) >= 11 is 0.